The Hall–Kier alpha value is -3.75. The fourth-order valence-corrected chi connectivity index (χ4v) is 12.5. The normalized spacial score (nSPS) is 33.7. The van der Waals surface area contributed by atoms with E-state index in [9.17, 15) is 0 Å². The predicted molar refractivity (Wildman–Crippen MR) is 199 cm³/mol. The van der Waals surface area contributed by atoms with Crippen molar-refractivity contribution in [2.24, 2.45) is 29.1 Å². The zero-order valence-corrected chi connectivity index (χ0v) is 28.8. The van der Waals surface area contributed by atoms with Gasteiger partial charge in [-0.05, 0) is 162 Å². The van der Waals surface area contributed by atoms with Gasteiger partial charge in [0.2, 0.25) is 0 Å². The molecule has 1 nitrogen and oxygen atoms in total. The van der Waals surface area contributed by atoms with E-state index in [1.807, 2.05) is 11.8 Å². The van der Waals surface area contributed by atoms with Gasteiger partial charge in [0.25, 0.3) is 0 Å². The van der Waals surface area contributed by atoms with E-state index in [0.29, 0.717) is 17.3 Å². The maximum Gasteiger partial charge on any atom is 0.130 e. The van der Waals surface area contributed by atoms with Gasteiger partial charge in [-0.1, -0.05) is 84.6 Å². The van der Waals surface area contributed by atoms with Crippen LogP contribution in [0.4, 0.5) is 0 Å². The Balaban J connectivity index is 1.02. The maximum atomic E-state index is 6.85. The van der Waals surface area contributed by atoms with E-state index in [2.05, 4.69) is 111 Å². The first-order valence-electron chi connectivity index (χ1n) is 18.5. The Labute approximate surface area is 289 Å². The molecule has 1 spiro atoms. The molecule has 0 N–H and O–H groups in total. The van der Waals surface area contributed by atoms with Gasteiger partial charge in [0, 0.05) is 27.1 Å². The number of allylic oxidation sites excluding steroid dienone is 11. The summed E-state index contributed by atoms with van der Waals surface area (Å²) in [5.41, 5.74) is 14.5. The smallest absolute Gasteiger partial charge is 0.130 e. The molecule has 2 heteroatoms. The molecule has 7 atom stereocenters. The van der Waals surface area contributed by atoms with E-state index >= 15 is 0 Å². The molecule has 3 fully saturated rings. The van der Waals surface area contributed by atoms with Crippen LogP contribution in [0.1, 0.15) is 91.5 Å². The molecule has 4 unspecified atom stereocenters. The van der Waals surface area contributed by atoms with Crippen LogP contribution in [-0.4, -0.2) is 0 Å². The highest BCUT2D eigenvalue weighted by Gasteiger charge is 2.80. The summed E-state index contributed by atoms with van der Waals surface area (Å²) in [5, 5.41) is 0. The lowest BCUT2D eigenvalue weighted by atomic mass is 9.69. The van der Waals surface area contributed by atoms with Crippen molar-refractivity contribution < 1.29 is 4.74 Å². The van der Waals surface area contributed by atoms with Crippen molar-refractivity contribution in [2.75, 3.05) is 0 Å². The Morgan fingerprint density at radius 3 is 2.83 bits per heavy atom. The zero-order valence-electron chi connectivity index (χ0n) is 28.0. The van der Waals surface area contributed by atoms with E-state index in [0.717, 1.165) is 48.7 Å². The van der Waals surface area contributed by atoms with Gasteiger partial charge in [-0.15, -0.1) is 0 Å². The molecule has 0 amide bonds. The number of hydrogen-bond donors (Lipinski definition) is 0. The lowest BCUT2D eigenvalue weighted by Gasteiger charge is -2.41. The topological polar surface area (TPSA) is 9.23 Å². The highest BCUT2D eigenvalue weighted by Crippen LogP contribution is 2.85. The number of thioether (sulfide) groups is 1. The van der Waals surface area contributed by atoms with Crippen molar-refractivity contribution >= 4 is 22.2 Å². The minimum Gasteiger partial charge on any atom is -0.461 e. The number of hydrogen-bond acceptors (Lipinski definition) is 2. The molecule has 2 aliphatic heterocycles. The summed E-state index contributed by atoms with van der Waals surface area (Å²) >= 11 is 1.92. The lowest BCUT2D eigenvalue weighted by Crippen LogP contribution is -2.32. The average Bonchev–Trinajstić information content (AvgIpc) is 4.05. The van der Waals surface area contributed by atoms with E-state index in [1.54, 1.807) is 0 Å². The zero-order chi connectivity index (χ0) is 31.7. The molecule has 0 saturated heterocycles. The van der Waals surface area contributed by atoms with Crippen LogP contribution in [-0.2, 0) is 0 Å². The molecule has 2 heterocycles. The largest absolute Gasteiger partial charge is 0.461 e. The Kier molecular flexibility index (Phi) is 5.94. The second-order valence-electron chi connectivity index (χ2n) is 15.8. The molecule has 11 rings (SSSR count). The molecule has 3 aromatic carbocycles. The first-order valence-corrected chi connectivity index (χ1v) is 19.3. The third kappa shape index (κ3) is 3.87. The molecule has 6 aliphatic carbocycles. The van der Waals surface area contributed by atoms with Gasteiger partial charge in [-0.25, -0.2) is 0 Å². The number of ether oxygens (including phenoxy) is 1. The van der Waals surface area contributed by atoms with E-state index in [-0.39, 0.29) is 0 Å². The van der Waals surface area contributed by atoms with Crippen molar-refractivity contribution in [1.82, 2.24) is 0 Å². The molecular formula is C46H42OS. The summed E-state index contributed by atoms with van der Waals surface area (Å²) in [6, 6.07) is 21.3. The van der Waals surface area contributed by atoms with Crippen LogP contribution in [0, 0.1) is 36.0 Å². The van der Waals surface area contributed by atoms with Crippen LogP contribution in [0.15, 0.2) is 119 Å². The van der Waals surface area contributed by atoms with Crippen molar-refractivity contribution in [2.45, 2.75) is 75.5 Å². The van der Waals surface area contributed by atoms with Crippen molar-refractivity contribution in [3.8, 4) is 16.9 Å². The summed E-state index contributed by atoms with van der Waals surface area (Å²) in [6.45, 7) is 4.42. The fraction of sp³-hybridized carbons (Fsp3) is 0.348. The Bertz CT molecular complexity index is 2130. The van der Waals surface area contributed by atoms with Gasteiger partial charge >= 0.3 is 0 Å². The Morgan fingerprint density at radius 1 is 0.979 bits per heavy atom. The molecular weight excluding hydrogens is 601 g/mol. The summed E-state index contributed by atoms with van der Waals surface area (Å²) in [6.07, 6.45) is 25.5. The number of benzene rings is 3. The first-order chi connectivity index (χ1) is 23.6. The average molecular weight is 643 g/mol. The molecule has 3 aromatic rings. The van der Waals surface area contributed by atoms with E-state index in [1.165, 1.54) is 96.9 Å². The van der Waals surface area contributed by atoms with Crippen molar-refractivity contribution in [3.05, 3.63) is 142 Å². The van der Waals surface area contributed by atoms with Gasteiger partial charge in [0.05, 0.1) is 0 Å². The lowest BCUT2D eigenvalue weighted by molar-refractivity contribution is 0.189. The Morgan fingerprint density at radius 2 is 1.94 bits per heavy atom. The summed E-state index contributed by atoms with van der Waals surface area (Å²) in [7, 11) is 0. The van der Waals surface area contributed by atoms with Crippen LogP contribution in [0.2, 0.25) is 0 Å². The molecule has 238 valence electrons. The summed E-state index contributed by atoms with van der Waals surface area (Å²) in [5.74, 6) is 7.15. The first kappa shape index (κ1) is 28.1. The standard InChI is InChI=1S/C46H42OS/c1-3-41-44-26(2)9-7-12-34(44)36-22-29(16-18-42(36)48-41)32-20-30(27-10-5-4-6-11-27)19-31(21-32)28-15-17-40-37(23-28)39-25-33-24-35(33)45-38-13-8-14-43(47-40)46(38,39)45/h3-5,7,9-10,12,14-18,20-23,31,33,35,38-39,45H,6,8,11,13,19,24-25H2,1-2H3/b41-3+/t31?,33-,35?,38?,39?,45-,46+/m1/s1. The molecule has 3 saturated carbocycles. The van der Waals surface area contributed by atoms with Crippen LogP contribution < -0.4 is 4.74 Å². The van der Waals surface area contributed by atoms with Gasteiger partial charge in [0.1, 0.15) is 11.5 Å². The highest BCUT2D eigenvalue weighted by molar-refractivity contribution is 8.08. The molecule has 8 aliphatic rings. The number of rotatable bonds is 3. The van der Waals surface area contributed by atoms with E-state index < -0.39 is 0 Å². The highest BCUT2D eigenvalue weighted by atomic mass is 32.2. The van der Waals surface area contributed by atoms with Gasteiger partial charge < -0.3 is 4.74 Å². The van der Waals surface area contributed by atoms with Crippen LogP contribution >= 0.6 is 11.8 Å². The fourth-order valence-electron chi connectivity index (χ4n) is 11.3. The summed E-state index contributed by atoms with van der Waals surface area (Å²) < 4.78 is 6.85. The third-order valence-corrected chi connectivity index (χ3v) is 14.8. The van der Waals surface area contributed by atoms with Gasteiger partial charge in [-0.2, -0.15) is 0 Å². The van der Waals surface area contributed by atoms with E-state index in [4.69, 9.17) is 4.74 Å². The quantitative estimate of drug-likeness (QED) is 0.281. The molecule has 48 heavy (non-hydrogen) atoms. The minimum atomic E-state index is 0.321. The number of fused-ring (bicyclic) bond motifs is 8. The predicted octanol–water partition coefficient (Wildman–Crippen LogP) is 12.3. The molecule has 0 radical (unpaired) electrons. The number of aryl methyl sites for hydroxylation is 1. The van der Waals surface area contributed by atoms with Gasteiger partial charge in [0.15, 0.2) is 0 Å². The van der Waals surface area contributed by atoms with Crippen molar-refractivity contribution in [3.63, 3.8) is 0 Å². The second kappa shape index (κ2) is 10.1. The van der Waals surface area contributed by atoms with Gasteiger partial charge in [-0.3, -0.25) is 0 Å². The third-order valence-electron chi connectivity index (χ3n) is 13.5. The maximum absolute atomic E-state index is 6.85. The second-order valence-corrected chi connectivity index (χ2v) is 16.9. The van der Waals surface area contributed by atoms with Crippen LogP contribution in [0.25, 0.3) is 21.6 Å². The monoisotopic (exact) mass is 642 g/mol. The summed E-state index contributed by atoms with van der Waals surface area (Å²) in [4.78, 5) is 2.72. The molecule has 0 aromatic heterocycles. The minimum absolute atomic E-state index is 0.321. The van der Waals surface area contributed by atoms with Crippen molar-refractivity contribution in [1.29, 1.82) is 0 Å². The van der Waals surface area contributed by atoms with Crippen LogP contribution in [0.3, 0.4) is 0 Å². The van der Waals surface area contributed by atoms with Crippen LogP contribution in [0.5, 0.6) is 5.75 Å². The SMILES string of the molecule is C/C=C1/Sc2ccc(C3=CC(c4ccc5c(c4)C4C[C@H]6CC6[C@@H]6C7CCC=C(O5)[C@@]476)CC(C4=CC=CCC4)=C3)cc2-c2cccc(C)c21. The molecule has 0 bridgehead atoms.